The number of aromatic nitrogens is 6. The summed E-state index contributed by atoms with van der Waals surface area (Å²) in [7, 11) is 1.87. The number of hydrogen-bond acceptors (Lipinski definition) is 6. The van der Waals surface area contributed by atoms with E-state index in [4.69, 9.17) is 4.74 Å². The second kappa shape index (κ2) is 9.69. The molecular formula is C26H28F5IN7O-. The van der Waals surface area contributed by atoms with Gasteiger partial charge in [0.1, 0.15) is 0 Å². The van der Waals surface area contributed by atoms with E-state index in [9.17, 15) is 22.0 Å². The molecular weight excluding hydrogens is 648 g/mol. The van der Waals surface area contributed by atoms with Gasteiger partial charge in [-0.2, -0.15) is 0 Å². The summed E-state index contributed by atoms with van der Waals surface area (Å²) in [6.45, 7) is 0.616. The molecule has 3 aromatic heterocycles. The fourth-order valence-corrected chi connectivity index (χ4v) is 11.3. The summed E-state index contributed by atoms with van der Waals surface area (Å²) in [5, 5.41) is 15.8. The SMILES string of the molecule is Cn1cnnc1CC1(c2cccc(-c3n[nH]c4c([I-](C)(C)N5C[C@H](F)[C@@H](F)C5)nc(C(F)(F)F)cc34)c2)COC1. The van der Waals surface area contributed by atoms with E-state index in [2.05, 4.69) is 25.4 Å². The number of H-pyrrole nitrogens is 1. The number of hydrogen-bond donors (Lipinski definition) is 1. The summed E-state index contributed by atoms with van der Waals surface area (Å²) in [6, 6.07) is 8.55. The van der Waals surface area contributed by atoms with Crippen molar-refractivity contribution in [2.45, 2.75) is 30.4 Å². The van der Waals surface area contributed by atoms with E-state index in [-0.39, 0.29) is 27.6 Å². The molecule has 6 rings (SSSR count). The van der Waals surface area contributed by atoms with Gasteiger partial charge in [-0.1, -0.05) is 0 Å². The van der Waals surface area contributed by atoms with Crippen LogP contribution >= 0.6 is 0 Å². The van der Waals surface area contributed by atoms with E-state index >= 15 is 0 Å². The van der Waals surface area contributed by atoms with Gasteiger partial charge in [-0.25, -0.2) is 0 Å². The Hall–Kier alpha value is -2.72. The van der Waals surface area contributed by atoms with Crippen LogP contribution in [0.1, 0.15) is 17.1 Å². The van der Waals surface area contributed by atoms with E-state index in [1.54, 1.807) is 25.4 Å². The topological polar surface area (TPSA) is 84.8 Å². The minimum atomic E-state index is -4.71. The fraction of sp³-hybridized carbons (Fsp3) is 0.462. The molecule has 40 heavy (non-hydrogen) atoms. The van der Waals surface area contributed by atoms with Crippen LogP contribution in [0, 0.1) is 3.70 Å². The van der Waals surface area contributed by atoms with Gasteiger partial charge in [-0.05, 0) is 0 Å². The maximum atomic E-state index is 14.1. The molecule has 0 amide bonds. The molecule has 2 aliphatic rings. The summed E-state index contributed by atoms with van der Waals surface area (Å²) in [5.41, 5.74) is 0.906. The number of fused-ring (bicyclic) bond motifs is 1. The molecule has 0 aliphatic carbocycles. The third-order valence-corrected chi connectivity index (χ3v) is 15.3. The Morgan fingerprint density at radius 2 is 1.85 bits per heavy atom. The summed E-state index contributed by atoms with van der Waals surface area (Å²) in [6.07, 6.45) is -5.84. The van der Waals surface area contributed by atoms with Crippen LogP contribution in [-0.4, -0.2) is 81.6 Å². The van der Waals surface area contributed by atoms with Gasteiger partial charge in [0.2, 0.25) is 0 Å². The number of nitrogens with one attached hydrogen (secondary N) is 1. The number of aryl methyl sites for hydroxylation is 1. The Kier molecular flexibility index (Phi) is 6.65. The van der Waals surface area contributed by atoms with E-state index in [1.165, 1.54) is 0 Å². The molecule has 0 bridgehead atoms. The molecule has 2 fully saturated rings. The molecule has 216 valence electrons. The predicted molar refractivity (Wildman–Crippen MR) is 133 cm³/mol. The molecule has 14 heteroatoms. The first-order valence-electron chi connectivity index (χ1n) is 12.5. The number of ether oxygens (including phenoxy) is 1. The second-order valence-corrected chi connectivity index (χ2v) is 19.8. The van der Waals surface area contributed by atoms with Crippen molar-refractivity contribution in [2.24, 2.45) is 7.05 Å². The van der Waals surface area contributed by atoms with Crippen LogP contribution in [0.25, 0.3) is 22.2 Å². The molecule has 2 saturated heterocycles. The molecule has 2 aliphatic heterocycles. The summed E-state index contributed by atoms with van der Waals surface area (Å²) in [4.78, 5) is 7.64. The number of alkyl halides is 7. The summed E-state index contributed by atoms with van der Waals surface area (Å²) in [5.74, 6) is 0.797. The van der Waals surface area contributed by atoms with Gasteiger partial charge < -0.3 is 0 Å². The average molecular weight is 676 g/mol. The summed E-state index contributed by atoms with van der Waals surface area (Å²) >= 11 is -3.57. The number of pyridine rings is 1. The standard InChI is InChI=1S/C26H28F5IN7O/c1-32(2,39-10-18(27)19(28)11-39)24-23-17(8-20(34-24)26(29,30)31)22(36-37-23)15-5-4-6-16(7-15)25(12-40-13-25)9-21-35-33-14-38(21)3/h4-8,14,18-19H,9-13H2,1-3H3,(H,36,37)/q-1/t18-,19-/m0/s1. The Morgan fingerprint density at radius 3 is 2.45 bits per heavy atom. The number of halogens is 6. The van der Waals surface area contributed by atoms with Crippen LogP contribution in [0.3, 0.4) is 0 Å². The zero-order valence-corrected chi connectivity index (χ0v) is 24.2. The quantitative estimate of drug-likeness (QED) is 0.107. The van der Waals surface area contributed by atoms with Crippen molar-refractivity contribution in [2.75, 3.05) is 36.2 Å². The molecule has 1 aromatic carbocycles. The van der Waals surface area contributed by atoms with Gasteiger partial charge in [-0.3, -0.25) is 0 Å². The third-order valence-electron chi connectivity index (χ3n) is 7.78. The van der Waals surface area contributed by atoms with Crippen LogP contribution in [0.15, 0.2) is 36.7 Å². The van der Waals surface area contributed by atoms with E-state index in [0.29, 0.717) is 36.4 Å². The normalized spacial score (nSPS) is 22.1. The monoisotopic (exact) mass is 676 g/mol. The zero-order chi connectivity index (χ0) is 28.4. The fourth-order valence-electron chi connectivity index (χ4n) is 5.30. The van der Waals surface area contributed by atoms with Gasteiger partial charge in [-0.15, -0.1) is 0 Å². The average Bonchev–Trinajstić information content (AvgIpc) is 3.59. The Labute approximate surface area is 231 Å². The van der Waals surface area contributed by atoms with Gasteiger partial charge in [0.15, 0.2) is 0 Å². The van der Waals surface area contributed by atoms with Crippen molar-refractivity contribution in [1.29, 1.82) is 0 Å². The minimum absolute atomic E-state index is 0.164. The molecule has 1 N–H and O–H groups in total. The van der Waals surface area contributed by atoms with Gasteiger partial charge in [0.25, 0.3) is 0 Å². The van der Waals surface area contributed by atoms with Crippen LogP contribution in [0.5, 0.6) is 0 Å². The first kappa shape index (κ1) is 27.4. The molecule has 2 atom stereocenters. The summed E-state index contributed by atoms with van der Waals surface area (Å²) < 4.78 is 79.8. The number of aromatic amines is 1. The molecule has 4 aromatic rings. The van der Waals surface area contributed by atoms with Crippen LogP contribution in [-0.2, 0) is 29.8 Å². The van der Waals surface area contributed by atoms with E-state index in [1.807, 2.05) is 29.8 Å². The first-order chi connectivity index (χ1) is 18.9. The first-order valence-corrected chi connectivity index (χ1v) is 18.9. The molecule has 0 radical (unpaired) electrons. The van der Waals surface area contributed by atoms with Gasteiger partial charge in [0.05, 0.1) is 0 Å². The van der Waals surface area contributed by atoms with Crippen molar-refractivity contribution >= 4 is 10.9 Å². The predicted octanol–water partition coefficient (Wildman–Crippen LogP) is 0.779. The molecule has 5 heterocycles. The Balaban J connectivity index is 1.45. The van der Waals surface area contributed by atoms with Gasteiger partial charge >= 0.3 is 232 Å². The van der Waals surface area contributed by atoms with E-state index in [0.717, 1.165) is 17.5 Å². The van der Waals surface area contributed by atoms with Crippen LogP contribution in [0.4, 0.5) is 22.0 Å². The van der Waals surface area contributed by atoms with Crippen molar-refractivity contribution in [3.8, 4) is 11.3 Å². The van der Waals surface area contributed by atoms with Crippen molar-refractivity contribution in [1.82, 2.24) is 33.1 Å². The van der Waals surface area contributed by atoms with Crippen molar-refractivity contribution < 1.29 is 45.4 Å². The second-order valence-electron chi connectivity index (χ2n) is 10.7. The number of benzene rings is 1. The number of nitrogens with zero attached hydrogens (tertiary/aromatic N) is 6. The molecule has 0 saturated carbocycles. The molecule has 0 spiro atoms. The van der Waals surface area contributed by atoms with Crippen LogP contribution < -0.4 is 18.7 Å². The Bertz CT molecular complexity index is 1550. The van der Waals surface area contributed by atoms with Crippen molar-refractivity contribution in [3.05, 3.63) is 57.4 Å². The third kappa shape index (κ3) is 4.57. The van der Waals surface area contributed by atoms with Crippen LogP contribution in [0.2, 0.25) is 0 Å². The zero-order valence-electron chi connectivity index (χ0n) is 22.0. The molecule has 8 nitrogen and oxygen atoms in total. The van der Waals surface area contributed by atoms with Gasteiger partial charge in [0, 0.05) is 0 Å². The molecule has 0 unspecified atom stereocenters. The van der Waals surface area contributed by atoms with E-state index < -0.39 is 42.9 Å². The van der Waals surface area contributed by atoms with Crippen molar-refractivity contribution in [3.63, 3.8) is 0 Å². The number of rotatable bonds is 6. The Morgan fingerprint density at radius 1 is 1.12 bits per heavy atom. The maximum absolute atomic E-state index is 14.1.